The minimum atomic E-state index is -3.86. The van der Waals surface area contributed by atoms with Gasteiger partial charge in [0.2, 0.25) is 5.91 Å². The Bertz CT molecular complexity index is 522. The zero-order valence-electron chi connectivity index (χ0n) is 10.2. The monoisotopic (exact) mass is 276 g/mol. The van der Waals surface area contributed by atoms with Crippen molar-refractivity contribution in [3.63, 3.8) is 0 Å². The molecule has 8 heteroatoms. The Morgan fingerprint density at radius 1 is 1.50 bits per heavy atom. The topological polar surface area (TPSA) is 115 Å². The van der Waals surface area contributed by atoms with Crippen LogP contribution >= 0.6 is 0 Å². The molecule has 0 aromatic carbocycles. The molecule has 2 fully saturated rings. The molecule has 0 spiro atoms. The van der Waals surface area contributed by atoms with Gasteiger partial charge in [-0.25, -0.2) is 8.42 Å². The van der Waals surface area contributed by atoms with Crippen LogP contribution < -0.4 is 5.11 Å². The van der Waals surface area contributed by atoms with E-state index < -0.39 is 49.9 Å². The number of carboxylic acids is 1. The van der Waals surface area contributed by atoms with E-state index in [9.17, 15) is 28.2 Å². The molecule has 1 amide bonds. The van der Waals surface area contributed by atoms with E-state index >= 15 is 0 Å². The fourth-order valence-corrected chi connectivity index (χ4v) is 5.17. The summed E-state index contributed by atoms with van der Waals surface area (Å²) in [5.41, 5.74) is 0. The highest BCUT2D eigenvalue weighted by molar-refractivity contribution is 7.93. The predicted molar refractivity (Wildman–Crippen MR) is 57.6 cm³/mol. The van der Waals surface area contributed by atoms with E-state index in [-0.39, 0.29) is 0 Å². The molecule has 18 heavy (non-hydrogen) atoms. The molecule has 7 nitrogen and oxygen atoms in total. The number of amides is 1. The molecule has 2 aliphatic heterocycles. The predicted octanol–water partition coefficient (Wildman–Crippen LogP) is -2.52. The highest BCUT2D eigenvalue weighted by atomic mass is 32.2. The zero-order chi connectivity index (χ0) is 14.0. The van der Waals surface area contributed by atoms with Gasteiger partial charge in [0.05, 0.1) is 28.8 Å². The average molecular weight is 276 g/mol. The molecule has 4 atom stereocenters. The van der Waals surface area contributed by atoms with E-state index in [1.165, 1.54) is 20.8 Å². The number of β-lactam (4-membered cyclic amide) rings is 1. The fraction of sp³-hybridized carbons (Fsp3) is 0.800. The van der Waals surface area contributed by atoms with Gasteiger partial charge < -0.3 is 19.9 Å². The summed E-state index contributed by atoms with van der Waals surface area (Å²) in [6.07, 6.45) is -1.13. The molecule has 0 bridgehead atoms. The fourth-order valence-electron chi connectivity index (χ4n) is 2.77. The van der Waals surface area contributed by atoms with Crippen LogP contribution in [0.5, 0.6) is 0 Å². The molecule has 2 aliphatic rings. The van der Waals surface area contributed by atoms with Crippen LogP contribution in [0.2, 0.25) is 0 Å². The van der Waals surface area contributed by atoms with Crippen LogP contribution in [0.15, 0.2) is 0 Å². The van der Waals surface area contributed by atoms with Crippen LogP contribution in [0, 0.1) is 5.92 Å². The van der Waals surface area contributed by atoms with E-state index in [1.54, 1.807) is 0 Å². The van der Waals surface area contributed by atoms with Gasteiger partial charge in [-0.1, -0.05) is 0 Å². The van der Waals surface area contributed by atoms with Crippen LogP contribution in [0.4, 0.5) is 0 Å². The Kier molecular flexibility index (Phi) is 2.54. The van der Waals surface area contributed by atoms with Crippen LogP contribution in [0.3, 0.4) is 0 Å². The first-order valence-corrected chi connectivity index (χ1v) is 7.04. The van der Waals surface area contributed by atoms with Crippen molar-refractivity contribution >= 4 is 21.7 Å². The molecule has 2 saturated heterocycles. The quantitative estimate of drug-likeness (QED) is 0.556. The maximum Gasteiger partial charge on any atom is 0.233 e. The molecule has 1 N–H and O–H groups in total. The van der Waals surface area contributed by atoms with Crippen molar-refractivity contribution in [2.24, 2.45) is 5.92 Å². The van der Waals surface area contributed by atoms with Crippen LogP contribution in [0.1, 0.15) is 20.8 Å². The second kappa shape index (κ2) is 3.45. The number of hydrogen-bond acceptors (Lipinski definition) is 6. The number of aliphatic carboxylic acids is 1. The van der Waals surface area contributed by atoms with Gasteiger partial charge in [-0.3, -0.25) is 4.79 Å². The van der Waals surface area contributed by atoms with Crippen molar-refractivity contribution in [1.29, 1.82) is 0 Å². The summed E-state index contributed by atoms with van der Waals surface area (Å²) in [4.78, 5) is 23.7. The van der Waals surface area contributed by atoms with Gasteiger partial charge in [0.15, 0.2) is 9.84 Å². The van der Waals surface area contributed by atoms with E-state index in [0.29, 0.717) is 0 Å². The molecule has 0 aromatic rings. The third-order valence-corrected chi connectivity index (χ3v) is 6.70. The minimum absolute atomic E-state index is 0.654. The first-order chi connectivity index (χ1) is 8.05. The number of hydrogen-bond donors (Lipinski definition) is 1. The van der Waals surface area contributed by atoms with Crippen molar-refractivity contribution in [3.05, 3.63) is 0 Å². The van der Waals surface area contributed by atoms with Crippen molar-refractivity contribution < 1.29 is 28.2 Å². The Labute approximate surface area is 104 Å². The molecule has 2 rings (SSSR count). The van der Waals surface area contributed by atoms with Crippen molar-refractivity contribution in [1.82, 2.24) is 4.90 Å². The van der Waals surface area contributed by atoms with Crippen molar-refractivity contribution in [2.75, 3.05) is 0 Å². The lowest BCUT2D eigenvalue weighted by Crippen LogP contribution is -2.67. The molecule has 0 unspecified atom stereocenters. The van der Waals surface area contributed by atoms with Gasteiger partial charge in [-0.2, -0.15) is 0 Å². The molecular weight excluding hydrogens is 262 g/mol. The summed E-state index contributed by atoms with van der Waals surface area (Å²) >= 11 is 0. The van der Waals surface area contributed by atoms with Crippen LogP contribution in [0.25, 0.3) is 0 Å². The summed E-state index contributed by atoms with van der Waals surface area (Å²) in [5.74, 6) is -3.33. The summed E-state index contributed by atoms with van der Waals surface area (Å²) in [7, 11) is -3.86. The van der Waals surface area contributed by atoms with Gasteiger partial charge in [0.25, 0.3) is 0 Å². The molecule has 0 saturated carbocycles. The van der Waals surface area contributed by atoms with Gasteiger partial charge in [0, 0.05) is 0 Å². The van der Waals surface area contributed by atoms with E-state index in [1.807, 2.05) is 0 Å². The van der Waals surface area contributed by atoms with Crippen molar-refractivity contribution in [3.8, 4) is 0 Å². The number of sulfone groups is 1. The number of carbonyl (C=O) groups excluding carboxylic acids is 2. The highest BCUT2D eigenvalue weighted by Crippen LogP contribution is 2.49. The molecule has 0 aromatic heterocycles. The average Bonchev–Trinajstić information content (AvgIpc) is 2.31. The van der Waals surface area contributed by atoms with E-state index in [0.717, 1.165) is 4.90 Å². The van der Waals surface area contributed by atoms with Gasteiger partial charge in [-0.05, 0) is 20.8 Å². The van der Waals surface area contributed by atoms with Crippen molar-refractivity contribution in [2.45, 2.75) is 43.0 Å². The number of aliphatic hydroxyl groups excluding tert-OH is 1. The number of carboxylic acid groups (broad SMARTS) is 1. The minimum Gasteiger partial charge on any atom is -0.548 e. The Morgan fingerprint density at radius 2 is 2.00 bits per heavy atom. The second-order valence-electron chi connectivity index (χ2n) is 5.27. The number of aliphatic hydroxyl groups is 1. The molecule has 102 valence electrons. The second-order valence-corrected chi connectivity index (χ2v) is 7.90. The summed E-state index contributed by atoms with van der Waals surface area (Å²) < 4.78 is 22.9. The number of carbonyl (C=O) groups is 2. The first-order valence-electron chi connectivity index (χ1n) is 5.49. The maximum absolute atomic E-state index is 12.3. The number of rotatable bonds is 2. The standard InChI is InChI=1S/C10H15NO6S/c1-4(12)5-7(13)11-6(9(14)15)10(2,3)18(16,17)8(5)11/h4-6,8,12H,1-3H3,(H,14,15)/p-1/t4-,5+,6-,8+/m0/s1. The largest absolute Gasteiger partial charge is 0.548 e. The zero-order valence-corrected chi connectivity index (χ0v) is 11.0. The molecular formula is C10H14NO6S-. The Hall–Kier alpha value is -1.15. The molecule has 2 heterocycles. The normalized spacial score (nSPS) is 37.9. The van der Waals surface area contributed by atoms with Gasteiger partial charge in [0.1, 0.15) is 5.37 Å². The van der Waals surface area contributed by atoms with E-state index in [2.05, 4.69) is 0 Å². The van der Waals surface area contributed by atoms with E-state index in [4.69, 9.17) is 0 Å². The summed E-state index contributed by atoms with van der Waals surface area (Å²) in [6.45, 7) is 3.83. The molecule has 0 aliphatic carbocycles. The lowest BCUT2D eigenvalue weighted by atomic mass is 9.88. The van der Waals surface area contributed by atoms with Gasteiger partial charge in [-0.15, -0.1) is 0 Å². The smallest absolute Gasteiger partial charge is 0.233 e. The Morgan fingerprint density at radius 3 is 2.39 bits per heavy atom. The first kappa shape index (κ1) is 13.3. The summed E-state index contributed by atoms with van der Waals surface area (Å²) in [5, 5.41) is 19.3. The lowest BCUT2D eigenvalue weighted by Gasteiger charge is -2.45. The highest BCUT2D eigenvalue weighted by Gasteiger charge is 2.71. The third kappa shape index (κ3) is 1.24. The number of fused-ring (bicyclic) bond motifs is 1. The van der Waals surface area contributed by atoms with Gasteiger partial charge >= 0.3 is 0 Å². The SMILES string of the molecule is C[C@H](O)[C@@H]1C(=O)N2[C@@H](C(=O)[O-])C(C)(C)S(=O)(=O)[C@H]12. The maximum atomic E-state index is 12.3. The van der Waals surface area contributed by atoms with Crippen LogP contribution in [-0.4, -0.2) is 52.6 Å². The summed E-state index contributed by atoms with van der Waals surface area (Å²) in [6, 6.07) is -1.50. The third-order valence-electron chi connectivity index (χ3n) is 3.85. The Balaban J connectivity index is 2.56. The lowest BCUT2D eigenvalue weighted by molar-refractivity contribution is -0.313. The number of nitrogens with zero attached hydrogens (tertiary/aromatic N) is 1. The molecule has 0 radical (unpaired) electrons. The van der Waals surface area contributed by atoms with Crippen LogP contribution in [-0.2, 0) is 19.4 Å².